The summed E-state index contributed by atoms with van der Waals surface area (Å²) in [6.07, 6.45) is 0.868. The van der Waals surface area contributed by atoms with Gasteiger partial charge in [0.25, 0.3) is 10.0 Å². The van der Waals surface area contributed by atoms with Gasteiger partial charge in [-0.25, -0.2) is 8.42 Å². The van der Waals surface area contributed by atoms with Crippen molar-refractivity contribution in [3.63, 3.8) is 0 Å². The number of benzene rings is 1. The van der Waals surface area contributed by atoms with Gasteiger partial charge in [0.1, 0.15) is 16.6 Å². The molecule has 0 saturated carbocycles. The Kier molecular flexibility index (Phi) is 5.96. The van der Waals surface area contributed by atoms with Crippen LogP contribution in [0.1, 0.15) is 39.0 Å². The number of aryl methyl sites for hydroxylation is 1. The summed E-state index contributed by atoms with van der Waals surface area (Å²) in [6.45, 7) is 10.7. The number of sulfonamides is 1. The van der Waals surface area contributed by atoms with E-state index in [4.69, 9.17) is 4.74 Å². The van der Waals surface area contributed by atoms with Crippen LogP contribution in [0.2, 0.25) is 0 Å². The van der Waals surface area contributed by atoms with Crippen molar-refractivity contribution in [2.24, 2.45) is 11.3 Å². The Hall–Kier alpha value is -2.06. The van der Waals surface area contributed by atoms with Crippen LogP contribution in [0.25, 0.3) is 0 Å². The molecule has 0 unspecified atom stereocenters. The van der Waals surface area contributed by atoms with Crippen LogP contribution in [0.3, 0.4) is 0 Å². The number of thiophene rings is 1. The number of hydrogen-bond donors (Lipinski definition) is 1. The number of carbonyl (C=O) groups excluding carboxylic acids is 1. The number of anilines is 2. The molecule has 0 aliphatic carbocycles. The molecule has 1 aliphatic rings. The maximum atomic E-state index is 13.1. The smallest absolute Gasteiger partial charge is 0.271 e. The molecule has 6 nitrogen and oxygen atoms in total. The number of nitrogens with one attached hydrogen (secondary N) is 1. The molecule has 0 spiro atoms. The first-order chi connectivity index (χ1) is 13.5. The van der Waals surface area contributed by atoms with Crippen molar-refractivity contribution in [1.29, 1.82) is 0 Å². The Morgan fingerprint density at radius 1 is 1.24 bits per heavy atom. The van der Waals surface area contributed by atoms with Crippen LogP contribution in [-0.4, -0.2) is 27.5 Å². The molecule has 1 aromatic carbocycles. The maximum absolute atomic E-state index is 13.1. The maximum Gasteiger partial charge on any atom is 0.271 e. The fourth-order valence-electron chi connectivity index (χ4n) is 3.08. The Morgan fingerprint density at radius 2 is 1.97 bits per heavy atom. The zero-order chi connectivity index (χ0) is 21.4. The molecule has 2 aromatic rings. The average Bonchev–Trinajstić information content (AvgIpc) is 3.04. The Labute approximate surface area is 176 Å². The predicted octanol–water partition coefficient (Wildman–Crippen LogP) is 4.66. The van der Waals surface area contributed by atoms with Crippen LogP contribution in [0.4, 0.5) is 11.4 Å². The average molecular weight is 437 g/mol. The summed E-state index contributed by atoms with van der Waals surface area (Å²) in [6, 6.07) is 8.46. The first-order valence-corrected chi connectivity index (χ1v) is 12.0. The number of rotatable bonds is 6. The lowest BCUT2D eigenvalue weighted by atomic mass is 9.92. The van der Waals surface area contributed by atoms with Crippen LogP contribution >= 0.6 is 11.3 Å². The highest BCUT2D eigenvalue weighted by Crippen LogP contribution is 2.39. The van der Waals surface area contributed by atoms with Gasteiger partial charge >= 0.3 is 0 Å². The van der Waals surface area contributed by atoms with Crippen molar-refractivity contribution in [2.45, 2.75) is 45.2 Å². The zero-order valence-corrected chi connectivity index (χ0v) is 19.1. The molecule has 1 amide bonds. The number of carbonyl (C=O) groups is 1. The molecule has 158 valence electrons. The molecule has 0 atom stereocenters. The Balaban J connectivity index is 1.93. The molecule has 2 heterocycles. The van der Waals surface area contributed by atoms with Crippen molar-refractivity contribution < 1.29 is 17.9 Å². The molecule has 0 radical (unpaired) electrons. The van der Waals surface area contributed by atoms with Crippen molar-refractivity contribution >= 4 is 38.6 Å². The van der Waals surface area contributed by atoms with Crippen LogP contribution < -0.4 is 14.4 Å². The predicted molar refractivity (Wildman–Crippen MR) is 117 cm³/mol. The van der Waals surface area contributed by atoms with E-state index in [0.29, 0.717) is 29.6 Å². The summed E-state index contributed by atoms with van der Waals surface area (Å²) in [5, 5.41) is 0. The van der Waals surface area contributed by atoms with Crippen molar-refractivity contribution in [3.05, 3.63) is 35.2 Å². The minimum Gasteiger partial charge on any atom is -0.490 e. The van der Waals surface area contributed by atoms with Gasteiger partial charge in [-0.2, -0.15) is 0 Å². The molecule has 1 aromatic heterocycles. The quantitative estimate of drug-likeness (QED) is 0.715. The number of hydrogen-bond acceptors (Lipinski definition) is 5. The lowest BCUT2D eigenvalue weighted by Crippen LogP contribution is -2.42. The third kappa shape index (κ3) is 4.75. The molecule has 1 aliphatic heterocycles. The largest absolute Gasteiger partial charge is 0.490 e. The van der Waals surface area contributed by atoms with Gasteiger partial charge in [-0.3, -0.25) is 9.52 Å². The molecular weight excluding hydrogens is 408 g/mol. The number of nitrogens with zero attached hydrogens (tertiary/aromatic N) is 1. The third-order valence-corrected chi connectivity index (χ3v) is 7.70. The lowest BCUT2D eigenvalue weighted by molar-refractivity contribution is -0.127. The summed E-state index contributed by atoms with van der Waals surface area (Å²) in [5.74, 6) is 0.980. The van der Waals surface area contributed by atoms with E-state index < -0.39 is 15.4 Å². The highest BCUT2D eigenvalue weighted by molar-refractivity contribution is 7.94. The van der Waals surface area contributed by atoms with Crippen LogP contribution in [0, 0.1) is 18.3 Å². The summed E-state index contributed by atoms with van der Waals surface area (Å²) in [5.41, 5.74) is 0.423. The molecule has 0 bridgehead atoms. The normalized spacial score (nSPS) is 16.3. The number of fused-ring (bicyclic) bond motifs is 1. The van der Waals surface area contributed by atoms with E-state index in [1.807, 2.05) is 20.8 Å². The van der Waals surface area contributed by atoms with E-state index >= 15 is 0 Å². The highest BCUT2D eigenvalue weighted by Gasteiger charge is 2.37. The first kappa shape index (κ1) is 21.6. The van der Waals surface area contributed by atoms with Gasteiger partial charge in [0, 0.05) is 17.5 Å². The summed E-state index contributed by atoms with van der Waals surface area (Å²) < 4.78 is 34.1. The van der Waals surface area contributed by atoms with E-state index in [-0.39, 0.29) is 16.7 Å². The topological polar surface area (TPSA) is 75.7 Å². The second-order valence-corrected chi connectivity index (χ2v) is 11.7. The molecule has 0 fully saturated rings. The molecule has 29 heavy (non-hydrogen) atoms. The van der Waals surface area contributed by atoms with Gasteiger partial charge < -0.3 is 9.64 Å². The van der Waals surface area contributed by atoms with Gasteiger partial charge in [0.2, 0.25) is 5.91 Å². The molecular formula is C21H28N2O4S2. The highest BCUT2D eigenvalue weighted by atomic mass is 32.2. The molecule has 3 rings (SSSR count). The van der Waals surface area contributed by atoms with Crippen LogP contribution in [0.15, 0.2) is 34.5 Å². The second kappa shape index (κ2) is 7.99. The lowest BCUT2D eigenvalue weighted by Gasteiger charge is -2.28. The van der Waals surface area contributed by atoms with Gasteiger partial charge in [0.15, 0.2) is 0 Å². The van der Waals surface area contributed by atoms with Crippen LogP contribution in [-0.2, 0) is 14.8 Å². The monoisotopic (exact) mass is 436 g/mol. The standard InChI is InChI=1S/C21H28N2O4S2/c1-14(2)10-11-23-17-8-7-16(12-18(17)27-13-21(4,5)20(23)24)22-29(25,26)19-9-6-15(3)28-19/h6-9,12,14,22H,10-11,13H2,1-5H3. The first-order valence-electron chi connectivity index (χ1n) is 9.68. The van der Waals surface area contributed by atoms with Gasteiger partial charge in [-0.05, 0) is 57.4 Å². The van der Waals surface area contributed by atoms with Gasteiger partial charge in [0.05, 0.1) is 16.8 Å². The number of ether oxygens (including phenoxy) is 1. The molecule has 8 heteroatoms. The minimum absolute atomic E-state index is 0.0132. The fourth-order valence-corrected chi connectivity index (χ4v) is 5.41. The van der Waals surface area contributed by atoms with E-state index in [9.17, 15) is 13.2 Å². The van der Waals surface area contributed by atoms with Crippen molar-refractivity contribution in [1.82, 2.24) is 0 Å². The SMILES string of the molecule is Cc1ccc(S(=O)(=O)Nc2ccc3c(c2)OCC(C)(C)C(=O)N3CCC(C)C)s1. The van der Waals surface area contributed by atoms with Gasteiger partial charge in [-0.15, -0.1) is 11.3 Å². The van der Waals surface area contributed by atoms with E-state index in [0.717, 1.165) is 11.3 Å². The number of amides is 1. The van der Waals surface area contributed by atoms with E-state index in [1.165, 1.54) is 11.3 Å². The van der Waals surface area contributed by atoms with Crippen LogP contribution in [0.5, 0.6) is 5.75 Å². The van der Waals surface area contributed by atoms with Crippen molar-refractivity contribution in [2.75, 3.05) is 22.8 Å². The summed E-state index contributed by atoms with van der Waals surface area (Å²) in [7, 11) is -3.66. The van der Waals surface area contributed by atoms with Crippen molar-refractivity contribution in [3.8, 4) is 5.75 Å². The zero-order valence-electron chi connectivity index (χ0n) is 17.5. The summed E-state index contributed by atoms with van der Waals surface area (Å²) in [4.78, 5) is 15.8. The minimum atomic E-state index is -3.66. The second-order valence-electron chi connectivity index (χ2n) is 8.46. The van der Waals surface area contributed by atoms with E-state index in [1.54, 1.807) is 35.2 Å². The summed E-state index contributed by atoms with van der Waals surface area (Å²) >= 11 is 1.22. The Bertz CT molecular complexity index is 1010. The Morgan fingerprint density at radius 3 is 2.59 bits per heavy atom. The van der Waals surface area contributed by atoms with E-state index in [2.05, 4.69) is 18.6 Å². The van der Waals surface area contributed by atoms with Gasteiger partial charge in [-0.1, -0.05) is 13.8 Å². The fraction of sp³-hybridized carbons (Fsp3) is 0.476. The third-order valence-electron chi connectivity index (χ3n) is 4.83. The molecule has 1 N–H and O–H groups in total. The molecule has 0 saturated heterocycles.